The zero-order valence-corrected chi connectivity index (χ0v) is 12.5. The standard InChI is InChI=1S/C15H27N3O/c1-4-16-14(13-11-17-18(3)12-13)15(19-5-2)9-7-6-8-10-15/h11-12,14,16H,4-10H2,1-3H3. The average molecular weight is 265 g/mol. The van der Waals surface area contributed by atoms with E-state index in [4.69, 9.17) is 4.74 Å². The van der Waals surface area contributed by atoms with Gasteiger partial charge in [0.1, 0.15) is 0 Å². The molecule has 0 aromatic carbocycles. The van der Waals surface area contributed by atoms with E-state index in [2.05, 4.69) is 30.5 Å². The minimum Gasteiger partial charge on any atom is -0.373 e. The van der Waals surface area contributed by atoms with Gasteiger partial charge in [-0.25, -0.2) is 0 Å². The minimum absolute atomic E-state index is 0.0496. The van der Waals surface area contributed by atoms with Gasteiger partial charge < -0.3 is 10.1 Å². The van der Waals surface area contributed by atoms with Crippen LogP contribution in [0, 0.1) is 0 Å². The first-order valence-corrected chi connectivity index (χ1v) is 7.57. The van der Waals surface area contributed by atoms with Crippen molar-refractivity contribution in [3.05, 3.63) is 18.0 Å². The second kappa shape index (κ2) is 6.53. The van der Waals surface area contributed by atoms with Gasteiger partial charge in [-0.05, 0) is 26.3 Å². The molecule has 2 rings (SSSR count). The smallest absolute Gasteiger partial charge is 0.0877 e. The molecule has 0 amide bonds. The van der Waals surface area contributed by atoms with Crippen molar-refractivity contribution in [1.29, 1.82) is 0 Å². The number of hydrogen-bond donors (Lipinski definition) is 1. The van der Waals surface area contributed by atoms with Crippen LogP contribution in [0.5, 0.6) is 0 Å². The summed E-state index contributed by atoms with van der Waals surface area (Å²) in [5.41, 5.74) is 1.20. The monoisotopic (exact) mass is 265 g/mol. The number of aromatic nitrogens is 2. The van der Waals surface area contributed by atoms with Crippen molar-refractivity contribution < 1.29 is 4.74 Å². The van der Waals surface area contributed by atoms with Crippen molar-refractivity contribution in [3.63, 3.8) is 0 Å². The number of ether oxygens (including phenoxy) is 1. The van der Waals surface area contributed by atoms with Crippen LogP contribution in [0.25, 0.3) is 0 Å². The maximum atomic E-state index is 6.25. The average Bonchev–Trinajstić information content (AvgIpc) is 2.83. The number of rotatable bonds is 6. The predicted octanol–water partition coefficient (Wildman–Crippen LogP) is 2.81. The summed E-state index contributed by atoms with van der Waals surface area (Å²) >= 11 is 0. The lowest BCUT2D eigenvalue weighted by Crippen LogP contribution is -2.47. The molecule has 1 fully saturated rings. The topological polar surface area (TPSA) is 39.1 Å². The lowest BCUT2D eigenvalue weighted by molar-refractivity contribution is -0.0910. The zero-order chi connectivity index (χ0) is 13.7. The molecule has 1 atom stereocenters. The summed E-state index contributed by atoms with van der Waals surface area (Å²) < 4.78 is 8.13. The summed E-state index contributed by atoms with van der Waals surface area (Å²) in [6.07, 6.45) is 10.2. The van der Waals surface area contributed by atoms with Crippen molar-refractivity contribution in [2.45, 2.75) is 57.6 Å². The molecule has 4 heteroatoms. The maximum absolute atomic E-state index is 6.25. The van der Waals surface area contributed by atoms with E-state index in [-0.39, 0.29) is 11.6 Å². The van der Waals surface area contributed by atoms with E-state index in [1.807, 2.05) is 17.9 Å². The van der Waals surface area contributed by atoms with Crippen LogP contribution in [-0.4, -0.2) is 28.5 Å². The molecule has 0 saturated heterocycles. The van der Waals surface area contributed by atoms with Crippen LogP contribution in [0.3, 0.4) is 0 Å². The first-order chi connectivity index (χ1) is 9.22. The van der Waals surface area contributed by atoms with Gasteiger partial charge in [0.05, 0.1) is 17.8 Å². The van der Waals surface area contributed by atoms with Crippen LogP contribution < -0.4 is 5.32 Å². The van der Waals surface area contributed by atoms with Gasteiger partial charge in [0.15, 0.2) is 0 Å². The third kappa shape index (κ3) is 3.18. The molecule has 1 aromatic heterocycles. The lowest BCUT2D eigenvalue weighted by Gasteiger charge is -2.43. The van der Waals surface area contributed by atoms with Crippen LogP contribution in [0.1, 0.15) is 57.6 Å². The molecule has 1 aliphatic carbocycles. The first-order valence-electron chi connectivity index (χ1n) is 7.57. The molecular formula is C15H27N3O. The minimum atomic E-state index is -0.0496. The number of nitrogens with zero attached hydrogens (tertiary/aromatic N) is 2. The van der Waals surface area contributed by atoms with Crippen molar-refractivity contribution in [1.82, 2.24) is 15.1 Å². The molecule has 1 aliphatic rings. The van der Waals surface area contributed by atoms with Crippen LogP contribution in [0.15, 0.2) is 12.4 Å². The van der Waals surface area contributed by atoms with Crippen molar-refractivity contribution >= 4 is 0 Å². The fourth-order valence-corrected chi connectivity index (χ4v) is 3.35. The zero-order valence-electron chi connectivity index (χ0n) is 12.5. The van der Waals surface area contributed by atoms with Gasteiger partial charge in [0, 0.05) is 25.4 Å². The Morgan fingerprint density at radius 3 is 2.63 bits per heavy atom. The Hall–Kier alpha value is -0.870. The van der Waals surface area contributed by atoms with Gasteiger partial charge in [-0.2, -0.15) is 5.10 Å². The van der Waals surface area contributed by atoms with Crippen molar-refractivity contribution in [3.8, 4) is 0 Å². The van der Waals surface area contributed by atoms with Crippen LogP contribution in [-0.2, 0) is 11.8 Å². The Kier molecular flexibility index (Phi) is 4.99. The van der Waals surface area contributed by atoms with Crippen molar-refractivity contribution in [2.75, 3.05) is 13.2 Å². The summed E-state index contributed by atoms with van der Waals surface area (Å²) in [6.45, 7) is 5.99. The quantitative estimate of drug-likeness (QED) is 0.859. The summed E-state index contributed by atoms with van der Waals surface area (Å²) in [5, 5.41) is 7.96. The highest BCUT2D eigenvalue weighted by molar-refractivity contribution is 5.17. The Bertz CT molecular complexity index is 377. The van der Waals surface area contributed by atoms with E-state index in [0.29, 0.717) is 0 Å². The molecule has 1 aromatic rings. The normalized spacial score (nSPS) is 20.4. The Labute approximate surface area is 116 Å². The summed E-state index contributed by atoms with van der Waals surface area (Å²) in [4.78, 5) is 0. The van der Waals surface area contributed by atoms with Crippen LogP contribution in [0.2, 0.25) is 0 Å². The molecule has 1 saturated carbocycles. The molecule has 19 heavy (non-hydrogen) atoms. The van der Waals surface area contributed by atoms with Gasteiger partial charge in [-0.15, -0.1) is 0 Å². The van der Waals surface area contributed by atoms with E-state index in [0.717, 1.165) is 26.0 Å². The SMILES string of the molecule is CCNC(c1cnn(C)c1)C1(OCC)CCCCC1. The van der Waals surface area contributed by atoms with Crippen LogP contribution in [0.4, 0.5) is 0 Å². The Morgan fingerprint density at radius 2 is 2.11 bits per heavy atom. The van der Waals surface area contributed by atoms with Gasteiger partial charge in [0.2, 0.25) is 0 Å². The Morgan fingerprint density at radius 1 is 1.37 bits per heavy atom. The third-order valence-corrected chi connectivity index (χ3v) is 4.12. The largest absolute Gasteiger partial charge is 0.373 e. The van der Waals surface area contributed by atoms with Gasteiger partial charge in [0.25, 0.3) is 0 Å². The second-order valence-electron chi connectivity index (χ2n) is 5.50. The van der Waals surface area contributed by atoms with Crippen LogP contribution >= 0.6 is 0 Å². The number of aryl methyl sites for hydroxylation is 1. The molecule has 0 spiro atoms. The maximum Gasteiger partial charge on any atom is 0.0877 e. The van der Waals surface area contributed by atoms with Gasteiger partial charge in [-0.1, -0.05) is 26.2 Å². The first kappa shape index (κ1) is 14.5. The van der Waals surface area contributed by atoms with Gasteiger partial charge >= 0.3 is 0 Å². The molecule has 4 nitrogen and oxygen atoms in total. The highest BCUT2D eigenvalue weighted by Gasteiger charge is 2.41. The highest BCUT2D eigenvalue weighted by Crippen LogP contribution is 2.41. The summed E-state index contributed by atoms with van der Waals surface area (Å²) in [6, 6.07) is 0.256. The van der Waals surface area contributed by atoms with E-state index in [1.54, 1.807) is 0 Å². The van der Waals surface area contributed by atoms with E-state index >= 15 is 0 Å². The number of likely N-dealkylation sites (N-methyl/N-ethyl adjacent to an activating group) is 1. The summed E-state index contributed by atoms with van der Waals surface area (Å²) in [5.74, 6) is 0. The highest BCUT2D eigenvalue weighted by atomic mass is 16.5. The number of hydrogen-bond acceptors (Lipinski definition) is 3. The van der Waals surface area contributed by atoms with E-state index in [1.165, 1.54) is 24.8 Å². The fourth-order valence-electron chi connectivity index (χ4n) is 3.35. The molecule has 1 unspecified atom stereocenters. The molecule has 0 radical (unpaired) electrons. The Balaban J connectivity index is 2.27. The number of nitrogens with one attached hydrogen (secondary N) is 1. The van der Waals surface area contributed by atoms with E-state index < -0.39 is 0 Å². The lowest BCUT2D eigenvalue weighted by atomic mass is 9.77. The predicted molar refractivity (Wildman–Crippen MR) is 77.1 cm³/mol. The van der Waals surface area contributed by atoms with E-state index in [9.17, 15) is 0 Å². The molecular weight excluding hydrogens is 238 g/mol. The molecule has 1 heterocycles. The molecule has 0 aliphatic heterocycles. The fraction of sp³-hybridized carbons (Fsp3) is 0.800. The third-order valence-electron chi connectivity index (χ3n) is 4.12. The molecule has 108 valence electrons. The van der Waals surface area contributed by atoms with Gasteiger partial charge in [-0.3, -0.25) is 4.68 Å². The molecule has 1 N–H and O–H groups in total. The molecule has 0 bridgehead atoms. The summed E-state index contributed by atoms with van der Waals surface area (Å²) in [7, 11) is 1.97. The van der Waals surface area contributed by atoms with Crippen molar-refractivity contribution in [2.24, 2.45) is 7.05 Å². The second-order valence-corrected chi connectivity index (χ2v) is 5.50.